The fraction of sp³-hybridized carbons (Fsp3) is 0.200. The van der Waals surface area contributed by atoms with E-state index in [0.717, 1.165) is 0 Å². The summed E-state index contributed by atoms with van der Waals surface area (Å²) in [6, 6.07) is 8.16. The van der Waals surface area contributed by atoms with Crippen LogP contribution in [0.3, 0.4) is 0 Å². The van der Waals surface area contributed by atoms with Crippen molar-refractivity contribution in [1.29, 1.82) is 0 Å². The summed E-state index contributed by atoms with van der Waals surface area (Å²) in [6.45, 7) is 4.79. The normalized spacial score (nSPS) is 11.0. The number of aryl methyl sites for hydroxylation is 1. The fourth-order valence-electron chi connectivity index (χ4n) is 3.05. The molecule has 0 aliphatic rings. The average molecular weight is 406 g/mol. The van der Waals surface area contributed by atoms with Crippen LogP contribution in [-0.2, 0) is 11.2 Å². The van der Waals surface area contributed by atoms with E-state index in [0.29, 0.717) is 39.2 Å². The summed E-state index contributed by atoms with van der Waals surface area (Å²) in [4.78, 5) is 24.7. The number of aromatic nitrogens is 1. The van der Waals surface area contributed by atoms with E-state index in [1.54, 1.807) is 37.3 Å². The lowest BCUT2D eigenvalue weighted by Crippen LogP contribution is -2.14. The molecule has 0 unspecified atom stereocenters. The molecule has 0 spiro atoms. The van der Waals surface area contributed by atoms with E-state index < -0.39 is 5.97 Å². The Morgan fingerprint density at radius 3 is 2.37 bits per heavy atom. The van der Waals surface area contributed by atoms with Crippen LogP contribution in [-0.4, -0.2) is 21.6 Å². The highest BCUT2D eigenvalue weighted by molar-refractivity contribution is 6.38. The van der Waals surface area contributed by atoms with Gasteiger partial charge in [-0.05, 0) is 49.2 Å². The molecule has 3 rings (SSSR count). The van der Waals surface area contributed by atoms with Crippen LogP contribution >= 0.6 is 23.2 Å². The number of benzene rings is 2. The number of aromatic hydroxyl groups is 1. The standard InChI is InChI=1S/C20H17Cl2NO4/c1-4-12-9-15-16(17(22)18(12)25)19(27-11(3)24)10(2)23(15)20(26)13-5-7-14(21)8-6-13/h5-9,25H,4H2,1-3H3. The number of hydrogen-bond acceptors (Lipinski definition) is 4. The van der Waals surface area contributed by atoms with E-state index in [1.165, 1.54) is 11.5 Å². The van der Waals surface area contributed by atoms with Crippen LogP contribution in [0.1, 0.15) is 35.5 Å². The van der Waals surface area contributed by atoms with Crippen molar-refractivity contribution in [2.24, 2.45) is 0 Å². The molecule has 0 aliphatic carbocycles. The number of phenolic OH excluding ortho intramolecular Hbond substituents is 1. The van der Waals surface area contributed by atoms with Crippen molar-refractivity contribution in [3.8, 4) is 11.5 Å². The van der Waals surface area contributed by atoms with Crippen LogP contribution in [0.2, 0.25) is 10.0 Å². The van der Waals surface area contributed by atoms with Gasteiger partial charge in [0.25, 0.3) is 5.91 Å². The van der Waals surface area contributed by atoms with Crippen molar-refractivity contribution in [2.45, 2.75) is 27.2 Å². The van der Waals surface area contributed by atoms with Crippen LogP contribution in [0, 0.1) is 6.92 Å². The SMILES string of the molecule is CCc1cc2c(c(Cl)c1O)c(OC(C)=O)c(C)n2C(=O)c1ccc(Cl)cc1. The molecular formula is C20H17Cl2NO4. The van der Waals surface area contributed by atoms with Gasteiger partial charge >= 0.3 is 5.97 Å². The van der Waals surface area contributed by atoms with E-state index in [2.05, 4.69) is 0 Å². The zero-order valence-corrected chi connectivity index (χ0v) is 16.5. The molecule has 1 aromatic heterocycles. The predicted octanol–water partition coefficient (Wildman–Crippen LogP) is 5.14. The topological polar surface area (TPSA) is 68.5 Å². The molecule has 3 aromatic rings. The maximum atomic E-state index is 13.2. The van der Waals surface area contributed by atoms with Gasteiger partial charge in [-0.3, -0.25) is 14.2 Å². The maximum Gasteiger partial charge on any atom is 0.308 e. The Balaban J connectivity index is 2.36. The molecule has 0 bridgehead atoms. The summed E-state index contributed by atoms with van der Waals surface area (Å²) in [6.07, 6.45) is 0.518. The Bertz CT molecular complexity index is 1070. The monoisotopic (exact) mass is 405 g/mol. The highest BCUT2D eigenvalue weighted by Crippen LogP contribution is 2.44. The number of phenols is 1. The average Bonchev–Trinajstić information content (AvgIpc) is 2.89. The number of carbonyl (C=O) groups is 2. The van der Waals surface area contributed by atoms with Crippen LogP contribution < -0.4 is 4.74 Å². The second-order valence-corrected chi connectivity index (χ2v) is 6.92. The maximum absolute atomic E-state index is 13.2. The van der Waals surface area contributed by atoms with Gasteiger partial charge in [0.1, 0.15) is 5.75 Å². The van der Waals surface area contributed by atoms with Crippen molar-refractivity contribution in [2.75, 3.05) is 0 Å². The molecular weight excluding hydrogens is 389 g/mol. The summed E-state index contributed by atoms with van der Waals surface area (Å²) in [5, 5.41) is 11.2. The molecule has 0 saturated carbocycles. The molecule has 1 N–H and O–H groups in total. The fourth-order valence-corrected chi connectivity index (χ4v) is 3.48. The smallest absolute Gasteiger partial charge is 0.308 e. The predicted molar refractivity (Wildman–Crippen MR) is 105 cm³/mol. The van der Waals surface area contributed by atoms with Crippen LogP contribution in [0.15, 0.2) is 30.3 Å². The minimum Gasteiger partial charge on any atom is -0.506 e. The van der Waals surface area contributed by atoms with Gasteiger partial charge in [-0.2, -0.15) is 0 Å². The first-order valence-electron chi connectivity index (χ1n) is 8.30. The third kappa shape index (κ3) is 3.29. The molecule has 0 fully saturated rings. The van der Waals surface area contributed by atoms with Gasteiger partial charge in [0.2, 0.25) is 0 Å². The number of halogens is 2. The number of rotatable bonds is 3. The number of esters is 1. The Hall–Kier alpha value is -2.50. The van der Waals surface area contributed by atoms with Gasteiger partial charge in [0.05, 0.1) is 21.6 Å². The quantitative estimate of drug-likeness (QED) is 0.612. The Kier molecular flexibility index (Phi) is 5.18. The van der Waals surface area contributed by atoms with Crippen LogP contribution in [0.25, 0.3) is 10.9 Å². The Labute approximate surface area is 166 Å². The lowest BCUT2D eigenvalue weighted by Gasteiger charge is -2.09. The molecule has 0 aliphatic heterocycles. The summed E-state index contributed by atoms with van der Waals surface area (Å²) < 4.78 is 6.76. The zero-order valence-electron chi connectivity index (χ0n) is 15.0. The van der Waals surface area contributed by atoms with E-state index in [1.807, 2.05) is 6.92 Å². The molecule has 2 aromatic carbocycles. The van der Waals surface area contributed by atoms with Gasteiger partial charge in [-0.15, -0.1) is 0 Å². The Morgan fingerprint density at radius 2 is 1.81 bits per heavy atom. The molecule has 1 heterocycles. The third-order valence-corrected chi connectivity index (χ3v) is 4.97. The van der Waals surface area contributed by atoms with Crippen LogP contribution in [0.5, 0.6) is 11.5 Å². The highest BCUT2D eigenvalue weighted by atomic mass is 35.5. The van der Waals surface area contributed by atoms with Crippen molar-refractivity contribution in [3.05, 3.63) is 57.2 Å². The number of carbonyl (C=O) groups excluding carboxylic acids is 2. The molecule has 140 valence electrons. The third-order valence-electron chi connectivity index (χ3n) is 4.35. The van der Waals surface area contributed by atoms with Crippen molar-refractivity contribution in [1.82, 2.24) is 4.57 Å². The molecule has 0 atom stereocenters. The summed E-state index contributed by atoms with van der Waals surface area (Å²) in [5.41, 5.74) is 1.87. The van der Waals surface area contributed by atoms with Gasteiger partial charge in [0, 0.05) is 17.5 Å². The lowest BCUT2D eigenvalue weighted by atomic mass is 10.1. The van der Waals surface area contributed by atoms with Gasteiger partial charge < -0.3 is 9.84 Å². The van der Waals surface area contributed by atoms with E-state index in [9.17, 15) is 14.7 Å². The molecule has 0 radical (unpaired) electrons. The first kappa shape index (κ1) is 19.3. The van der Waals surface area contributed by atoms with E-state index in [4.69, 9.17) is 27.9 Å². The highest BCUT2D eigenvalue weighted by Gasteiger charge is 2.26. The number of nitrogens with zero attached hydrogens (tertiary/aromatic N) is 1. The first-order chi connectivity index (χ1) is 12.8. The lowest BCUT2D eigenvalue weighted by molar-refractivity contribution is -0.131. The van der Waals surface area contributed by atoms with Crippen molar-refractivity contribution < 1.29 is 19.4 Å². The van der Waals surface area contributed by atoms with Crippen molar-refractivity contribution in [3.63, 3.8) is 0 Å². The van der Waals surface area contributed by atoms with Gasteiger partial charge in [-0.1, -0.05) is 30.1 Å². The largest absolute Gasteiger partial charge is 0.506 e. The number of fused-ring (bicyclic) bond motifs is 1. The number of ether oxygens (including phenoxy) is 1. The first-order valence-corrected chi connectivity index (χ1v) is 9.05. The van der Waals surface area contributed by atoms with E-state index >= 15 is 0 Å². The van der Waals surface area contributed by atoms with E-state index in [-0.39, 0.29) is 22.4 Å². The Morgan fingerprint density at radius 1 is 1.19 bits per heavy atom. The van der Waals surface area contributed by atoms with Gasteiger partial charge in [0.15, 0.2) is 5.75 Å². The van der Waals surface area contributed by atoms with Gasteiger partial charge in [-0.25, -0.2) is 0 Å². The van der Waals surface area contributed by atoms with Crippen LogP contribution in [0.4, 0.5) is 0 Å². The molecule has 7 heteroatoms. The zero-order chi connectivity index (χ0) is 19.9. The number of hydrogen-bond donors (Lipinski definition) is 1. The summed E-state index contributed by atoms with van der Waals surface area (Å²) in [7, 11) is 0. The summed E-state index contributed by atoms with van der Waals surface area (Å²) in [5.74, 6) is -0.804. The molecule has 5 nitrogen and oxygen atoms in total. The second kappa shape index (κ2) is 7.25. The molecule has 27 heavy (non-hydrogen) atoms. The molecule has 0 amide bonds. The summed E-state index contributed by atoms with van der Waals surface area (Å²) >= 11 is 12.3. The minimum absolute atomic E-state index is 0.0476. The second-order valence-electron chi connectivity index (χ2n) is 6.10. The van der Waals surface area contributed by atoms with Crippen molar-refractivity contribution >= 4 is 46.0 Å². The minimum atomic E-state index is -0.550. The molecule has 0 saturated heterocycles.